The number of nitro benzene ring substituents is 1. The van der Waals surface area contributed by atoms with Crippen molar-refractivity contribution in [3.05, 3.63) is 132 Å². The van der Waals surface area contributed by atoms with Crippen molar-refractivity contribution >= 4 is 28.7 Å². The first kappa shape index (κ1) is 20.7. The Morgan fingerprint density at radius 2 is 1.53 bits per heavy atom. The molecule has 1 heterocycles. The molecule has 0 radical (unpaired) electrons. The van der Waals surface area contributed by atoms with Crippen LogP contribution in [-0.4, -0.2) is 25.0 Å². The fourth-order valence-corrected chi connectivity index (χ4v) is 4.05. The largest absolute Gasteiger partial charge is 0.322 e. The fraction of sp³-hybridized carbons (Fsp3) is 0. The maximum absolute atomic E-state index is 11.9. The minimum absolute atomic E-state index is 0.0657. The predicted molar refractivity (Wildman–Crippen MR) is 123 cm³/mol. The van der Waals surface area contributed by atoms with Crippen LogP contribution < -0.4 is 0 Å². The van der Waals surface area contributed by atoms with Crippen LogP contribution in [0.15, 0.2) is 95.0 Å². The molecule has 0 saturated carbocycles. The average molecular weight is 455 g/mol. The molecule has 2 aliphatic rings. The quantitative estimate of drug-likeness (QED) is 0.402. The third kappa shape index (κ3) is 3.28. The van der Waals surface area contributed by atoms with Gasteiger partial charge in [0.2, 0.25) is 0 Å². The molecule has 0 saturated heterocycles. The third-order valence-corrected chi connectivity index (χ3v) is 5.50. The van der Waals surface area contributed by atoms with Gasteiger partial charge in [0.25, 0.3) is 11.4 Å². The van der Waals surface area contributed by atoms with E-state index >= 15 is 0 Å². The van der Waals surface area contributed by atoms with Crippen LogP contribution in [0.25, 0.3) is 17.3 Å². The highest BCUT2D eigenvalue weighted by Gasteiger charge is 2.41. The monoisotopic (exact) mass is 455 g/mol. The van der Waals surface area contributed by atoms with Gasteiger partial charge in [-0.15, -0.1) is 0 Å². The Bertz CT molecular complexity index is 1530. The minimum atomic E-state index is -0.719. The number of hydrogen-bond donors (Lipinski definition) is 0. The van der Waals surface area contributed by atoms with Gasteiger partial charge < -0.3 is 4.57 Å². The lowest BCUT2D eigenvalue weighted by Crippen LogP contribution is -2.20. The van der Waals surface area contributed by atoms with Gasteiger partial charge >= 0.3 is 5.70 Å². The summed E-state index contributed by atoms with van der Waals surface area (Å²) in [5.41, 5.74) is 0.819. The molecule has 0 unspecified atom stereocenters. The molecule has 166 valence electrons. The van der Waals surface area contributed by atoms with Crippen LogP contribution in [0.1, 0.15) is 11.1 Å². The van der Waals surface area contributed by atoms with Crippen molar-refractivity contribution in [2.75, 3.05) is 0 Å². The van der Waals surface area contributed by atoms with Gasteiger partial charge in [-0.3, -0.25) is 30.3 Å². The van der Waals surface area contributed by atoms with Gasteiger partial charge in [0, 0.05) is 30.1 Å². The summed E-state index contributed by atoms with van der Waals surface area (Å²) in [5, 5.41) is 35.0. The number of rotatable bonds is 5. The highest BCUT2D eigenvalue weighted by atomic mass is 16.6. The highest BCUT2D eigenvalue weighted by molar-refractivity contribution is 6.28. The lowest BCUT2D eigenvalue weighted by Gasteiger charge is -2.15. The van der Waals surface area contributed by atoms with Crippen LogP contribution in [0, 0.1) is 30.3 Å². The molecule has 0 fully saturated rings. The smallest absolute Gasteiger partial charge is 0.302 e. The Morgan fingerprint density at radius 3 is 2.21 bits per heavy atom. The van der Waals surface area contributed by atoms with Crippen LogP contribution >= 0.6 is 0 Å². The standard InChI is InChI=1S/C23H13N5O6/c29-26(30)15-7-8-16-14(11-15)12-17-22(16)20(27(31)32)13-21(28(33)34)23(17)24-18-5-1-2-6-19(18)25-9-3-4-10-25/h1-13H. The van der Waals surface area contributed by atoms with E-state index in [0.717, 1.165) is 6.08 Å². The first-order valence-corrected chi connectivity index (χ1v) is 9.92. The predicted octanol–water partition coefficient (Wildman–Crippen LogP) is 4.72. The maximum atomic E-state index is 11.9. The molecule has 0 spiro atoms. The molecule has 0 bridgehead atoms. The summed E-state index contributed by atoms with van der Waals surface area (Å²) in [5.74, 6) is 0. The number of aromatic nitrogens is 1. The lowest BCUT2D eigenvalue weighted by molar-refractivity contribution is -0.428. The molecular formula is C23H13N5O6. The second-order valence-electron chi connectivity index (χ2n) is 7.43. The van der Waals surface area contributed by atoms with E-state index in [1.807, 2.05) is 12.1 Å². The number of para-hydroxylation sites is 2. The number of hydrogen-bond acceptors (Lipinski definition) is 7. The highest BCUT2D eigenvalue weighted by Crippen LogP contribution is 2.44. The van der Waals surface area contributed by atoms with E-state index in [1.165, 1.54) is 24.3 Å². The SMILES string of the molecule is O=[N+]([O-])C1=CC([N+](=O)[O-])=C2C(=Cc3cc([N+](=O)[O-])ccc32)C1=Nc1ccccc1-n1cccc1. The van der Waals surface area contributed by atoms with Gasteiger partial charge in [-0.2, -0.15) is 0 Å². The van der Waals surface area contributed by atoms with Crippen molar-refractivity contribution in [3.8, 4) is 5.69 Å². The van der Waals surface area contributed by atoms with E-state index in [4.69, 9.17) is 0 Å². The van der Waals surface area contributed by atoms with E-state index in [-0.39, 0.29) is 22.5 Å². The number of nitro groups is 3. The Hall–Kier alpha value is -5.19. The van der Waals surface area contributed by atoms with Crippen LogP contribution in [-0.2, 0) is 0 Å². The zero-order valence-corrected chi connectivity index (χ0v) is 17.2. The van der Waals surface area contributed by atoms with E-state index in [2.05, 4.69) is 4.99 Å². The van der Waals surface area contributed by atoms with Crippen molar-refractivity contribution in [2.24, 2.45) is 4.99 Å². The van der Waals surface area contributed by atoms with Crippen molar-refractivity contribution in [3.63, 3.8) is 0 Å². The number of non-ortho nitro benzene ring substituents is 1. The summed E-state index contributed by atoms with van der Waals surface area (Å²) in [6.07, 6.45) is 5.95. The van der Waals surface area contributed by atoms with Crippen LogP contribution in [0.2, 0.25) is 0 Å². The number of allylic oxidation sites excluding steroid dienone is 3. The molecule has 5 rings (SSSR count). The van der Waals surface area contributed by atoms with E-state index in [9.17, 15) is 30.3 Å². The van der Waals surface area contributed by atoms with Gasteiger partial charge in [-0.05, 0) is 47.5 Å². The van der Waals surface area contributed by atoms with Gasteiger partial charge in [0.15, 0.2) is 0 Å². The normalized spacial score (nSPS) is 15.5. The average Bonchev–Trinajstić information content (AvgIpc) is 3.47. The summed E-state index contributed by atoms with van der Waals surface area (Å²) >= 11 is 0. The minimum Gasteiger partial charge on any atom is -0.322 e. The van der Waals surface area contributed by atoms with Crippen molar-refractivity contribution in [1.82, 2.24) is 4.57 Å². The number of fused-ring (bicyclic) bond motifs is 3. The molecule has 0 amide bonds. The zero-order valence-electron chi connectivity index (χ0n) is 17.2. The molecule has 34 heavy (non-hydrogen) atoms. The van der Waals surface area contributed by atoms with Gasteiger partial charge in [0.1, 0.15) is 5.71 Å². The summed E-state index contributed by atoms with van der Waals surface area (Å²) in [7, 11) is 0. The molecule has 0 aliphatic heterocycles. The van der Waals surface area contributed by atoms with E-state index < -0.39 is 26.2 Å². The number of benzene rings is 2. The first-order valence-electron chi connectivity index (χ1n) is 9.92. The molecule has 2 aliphatic carbocycles. The lowest BCUT2D eigenvalue weighted by atomic mass is 9.91. The summed E-state index contributed by atoms with van der Waals surface area (Å²) in [4.78, 5) is 37.6. The summed E-state index contributed by atoms with van der Waals surface area (Å²) in [6, 6.07) is 14.6. The first-order chi connectivity index (χ1) is 16.3. The summed E-state index contributed by atoms with van der Waals surface area (Å²) in [6.45, 7) is 0. The Balaban J connectivity index is 1.77. The van der Waals surface area contributed by atoms with Crippen molar-refractivity contribution < 1.29 is 14.8 Å². The van der Waals surface area contributed by atoms with E-state index in [1.54, 1.807) is 41.2 Å². The fourth-order valence-electron chi connectivity index (χ4n) is 4.05. The molecule has 0 N–H and O–H groups in total. The Labute approximate surface area is 190 Å². The van der Waals surface area contributed by atoms with Crippen molar-refractivity contribution in [2.45, 2.75) is 0 Å². The Morgan fingerprint density at radius 1 is 0.794 bits per heavy atom. The third-order valence-electron chi connectivity index (χ3n) is 5.50. The van der Waals surface area contributed by atoms with Gasteiger partial charge in [-0.25, -0.2) is 4.99 Å². The molecule has 1 aromatic heterocycles. The van der Waals surface area contributed by atoms with Crippen LogP contribution in [0.3, 0.4) is 0 Å². The molecule has 3 aromatic rings. The summed E-state index contributed by atoms with van der Waals surface area (Å²) < 4.78 is 1.79. The molecule has 11 nitrogen and oxygen atoms in total. The molecule has 11 heteroatoms. The molecule has 2 aromatic carbocycles. The topological polar surface area (TPSA) is 147 Å². The molecular weight excluding hydrogens is 442 g/mol. The van der Waals surface area contributed by atoms with Gasteiger partial charge in [0.05, 0.1) is 37.8 Å². The number of aliphatic imine (C=N–C) groups is 1. The number of nitrogens with zero attached hydrogens (tertiary/aromatic N) is 5. The molecule has 0 atom stereocenters. The second-order valence-corrected chi connectivity index (χ2v) is 7.43. The maximum Gasteiger partial charge on any atom is 0.302 e. The van der Waals surface area contributed by atoms with E-state index in [0.29, 0.717) is 22.5 Å². The van der Waals surface area contributed by atoms with Gasteiger partial charge in [-0.1, -0.05) is 12.1 Å². The van der Waals surface area contributed by atoms with Crippen LogP contribution in [0.5, 0.6) is 0 Å². The second kappa shape index (κ2) is 7.74. The Kier molecular flexibility index (Phi) is 4.71. The van der Waals surface area contributed by atoms with Crippen molar-refractivity contribution in [1.29, 1.82) is 0 Å². The van der Waals surface area contributed by atoms with Crippen LogP contribution in [0.4, 0.5) is 11.4 Å². The zero-order chi connectivity index (χ0) is 24.0.